The molecule has 5 heteroatoms. The lowest BCUT2D eigenvalue weighted by atomic mass is 10.1. The molecule has 0 aromatic heterocycles. The Labute approximate surface area is 122 Å². The van der Waals surface area contributed by atoms with Crippen LogP contribution in [-0.4, -0.2) is 75.3 Å². The molecule has 0 aromatic rings. The monoisotopic (exact) mass is 278 g/mol. The Morgan fingerprint density at radius 3 is 2.80 bits per heavy atom. The first kappa shape index (κ1) is 15.1. The summed E-state index contributed by atoms with van der Waals surface area (Å²) in [5.41, 5.74) is 0. The molecule has 1 N–H and O–H groups in total. The fraction of sp³-hybridized carbons (Fsp3) is 0.800. The molecule has 112 valence electrons. The lowest BCUT2D eigenvalue weighted by Crippen LogP contribution is -2.53. The minimum Gasteiger partial charge on any atom is -0.381 e. The number of ether oxygens (including phenoxy) is 1. The van der Waals surface area contributed by atoms with Crippen molar-refractivity contribution >= 4 is 5.96 Å². The van der Waals surface area contributed by atoms with E-state index in [-0.39, 0.29) is 0 Å². The van der Waals surface area contributed by atoms with Crippen LogP contribution >= 0.6 is 0 Å². The van der Waals surface area contributed by atoms with Gasteiger partial charge in [-0.05, 0) is 12.3 Å². The summed E-state index contributed by atoms with van der Waals surface area (Å²) in [7, 11) is 1.83. The van der Waals surface area contributed by atoms with Gasteiger partial charge in [0.25, 0.3) is 0 Å². The Bertz CT molecular complexity index is 349. The molecule has 2 rings (SSSR count). The average molecular weight is 278 g/mol. The fourth-order valence-electron chi connectivity index (χ4n) is 2.81. The van der Waals surface area contributed by atoms with Crippen LogP contribution in [0.1, 0.15) is 12.8 Å². The van der Waals surface area contributed by atoms with Gasteiger partial charge >= 0.3 is 0 Å². The molecule has 2 fully saturated rings. The number of rotatable bonds is 4. The predicted molar refractivity (Wildman–Crippen MR) is 81.8 cm³/mol. The lowest BCUT2D eigenvalue weighted by molar-refractivity contribution is 0.139. The van der Waals surface area contributed by atoms with Gasteiger partial charge in [0.1, 0.15) is 0 Å². The minimum atomic E-state index is 0.731. The second-order valence-electron chi connectivity index (χ2n) is 5.45. The van der Waals surface area contributed by atoms with E-state index in [2.05, 4.69) is 26.0 Å². The molecule has 2 saturated heterocycles. The zero-order valence-corrected chi connectivity index (χ0v) is 12.5. The van der Waals surface area contributed by atoms with Crippen molar-refractivity contribution in [2.24, 2.45) is 10.9 Å². The molecule has 0 radical (unpaired) electrons. The van der Waals surface area contributed by atoms with E-state index < -0.39 is 0 Å². The first-order valence-electron chi connectivity index (χ1n) is 7.52. The molecule has 0 aromatic carbocycles. The number of guanidine groups is 1. The van der Waals surface area contributed by atoms with Crippen molar-refractivity contribution in [2.75, 3.05) is 59.5 Å². The lowest BCUT2D eigenvalue weighted by Gasteiger charge is -2.37. The maximum absolute atomic E-state index is 5.45. The van der Waals surface area contributed by atoms with E-state index in [1.54, 1.807) is 0 Å². The second-order valence-corrected chi connectivity index (χ2v) is 5.45. The van der Waals surface area contributed by atoms with Gasteiger partial charge in [-0.2, -0.15) is 0 Å². The summed E-state index contributed by atoms with van der Waals surface area (Å²) in [6.07, 6.45) is 7.22. The molecule has 2 aliphatic heterocycles. The first-order valence-corrected chi connectivity index (χ1v) is 7.52. The first-order chi connectivity index (χ1) is 9.83. The molecule has 5 nitrogen and oxygen atoms in total. The molecule has 0 spiro atoms. The average Bonchev–Trinajstić information content (AvgIpc) is 2.98. The largest absolute Gasteiger partial charge is 0.381 e. The van der Waals surface area contributed by atoms with Crippen LogP contribution in [-0.2, 0) is 4.74 Å². The SMILES string of the molecule is C#CCCNC(=NC)N1CCN(CC2CCOC2)CC1. The predicted octanol–water partition coefficient (Wildman–Crippen LogP) is 0.239. The summed E-state index contributed by atoms with van der Waals surface area (Å²) in [6, 6.07) is 0. The van der Waals surface area contributed by atoms with E-state index in [1.807, 2.05) is 7.05 Å². The molecule has 2 heterocycles. The zero-order valence-electron chi connectivity index (χ0n) is 12.5. The van der Waals surface area contributed by atoms with Crippen molar-refractivity contribution in [3.8, 4) is 12.3 Å². The molecule has 20 heavy (non-hydrogen) atoms. The molecule has 0 aliphatic carbocycles. The van der Waals surface area contributed by atoms with Crippen LogP contribution in [0.25, 0.3) is 0 Å². The standard InChI is InChI=1S/C15H26N4O/c1-3-4-6-17-15(16-2)19-9-7-18(8-10-19)12-14-5-11-20-13-14/h1,14H,4-13H2,2H3,(H,16,17). The van der Waals surface area contributed by atoms with Crippen molar-refractivity contribution in [3.63, 3.8) is 0 Å². The molecular weight excluding hydrogens is 252 g/mol. The summed E-state index contributed by atoms with van der Waals surface area (Å²) in [4.78, 5) is 9.20. The van der Waals surface area contributed by atoms with E-state index >= 15 is 0 Å². The van der Waals surface area contributed by atoms with Crippen molar-refractivity contribution in [1.82, 2.24) is 15.1 Å². The van der Waals surface area contributed by atoms with Gasteiger partial charge in [0.15, 0.2) is 5.96 Å². The van der Waals surface area contributed by atoms with Gasteiger partial charge in [-0.15, -0.1) is 12.3 Å². The van der Waals surface area contributed by atoms with Crippen molar-refractivity contribution in [1.29, 1.82) is 0 Å². The Balaban J connectivity index is 1.70. The Kier molecular flexibility index (Phi) is 6.16. The van der Waals surface area contributed by atoms with E-state index in [4.69, 9.17) is 11.2 Å². The van der Waals surface area contributed by atoms with Crippen LogP contribution in [0, 0.1) is 18.3 Å². The minimum absolute atomic E-state index is 0.731. The molecule has 0 bridgehead atoms. The van der Waals surface area contributed by atoms with Crippen LogP contribution in [0.15, 0.2) is 4.99 Å². The summed E-state index contributed by atoms with van der Waals surface area (Å²) >= 11 is 0. The van der Waals surface area contributed by atoms with Crippen molar-refractivity contribution in [3.05, 3.63) is 0 Å². The number of piperazine rings is 1. The number of nitrogens with one attached hydrogen (secondary N) is 1. The van der Waals surface area contributed by atoms with Crippen LogP contribution < -0.4 is 5.32 Å². The third-order valence-corrected chi connectivity index (χ3v) is 3.98. The quantitative estimate of drug-likeness (QED) is 0.346. The maximum Gasteiger partial charge on any atom is 0.193 e. The van der Waals surface area contributed by atoms with Gasteiger partial charge in [-0.25, -0.2) is 0 Å². The molecule has 0 saturated carbocycles. The summed E-state index contributed by atoms with van der Waals surface area (Å²) in [6.45, 7) is 8.12. The number of nitrogens with zero attached hydrogens (tertiary/aromatic N) is 3. The van der Waals surface area contributed by atoms with Gasteiger partial charge in [0.05, 0.1) is 6.61 Å². The van der Waals surface area contributed by atoms with Gasteiger partial charge in [0.2, 0.25) is 0 Å². The van der Waals surface area contributed by atoms with Gasteiger partial charge in [0, 0.05) is 59.3 Å². The van der Waals surface area contributed by atoms with Crippen LogP contribution in [0.2, 0.25) is 0 Å². The molecular formula is C15H26N4O. The van der Waals surface area contributed by atoms with Crippen molar-refractivity contribution in [2.45, 2.75) is 12.8 Å². The van der Waals surface area contributed by atoms with Gasteiger partial charge in [-0.1, -0.05) is 0 Å². The Morgan fingerprint density at radius 1 is 1.40 bits per heavy atom. The number of hydrogen-bond donors (Lipinski definition) is 1. The van der Waals surface area contributed by atoms with E-state index in [0.717, 1.165) is 64.2 Å². The third-order valence-electron chi connectivity index (χ3n) is 3.98. The highest BCUT2D eigenvalue weighted by atomic mass is 16.5. The highest BCUT2D eigenvalue weighted by Gasteiger charge is 2.23. The Morgan fingerprint density at radius 2 is 2.20 bits per heavy atom. The van der Waals surface area contributed by atoms with E-state index in [1.165, 1.54) is 13.0 Å². The van der Waals surface area contributed by atoms with Crippen LogP contribution in [0.4, 0.5) is 0 Å². The highest BCUT2D eigenvalue weighted by Crippen LogP contribution is 2.15. The zero-order chi connectivity index (χ0) is 14.2. The summed E-state index contributed by atoms with van der Waals surface area (Å²) in [5, 5.41) is 3.32. The molecule has 1 atom stereocenters. The van der Waals surface area contributed by atoms with E-state index in [9.17, 15) is 0 Å². The Hall–Kier alpha value is -1.25. The smallest absolute Gasteiger partial charge is 0.193 e. The highest BCUT2D eigenvalue weighted by molar-refractivity contribution is 5.80. The van der Waals surface area contributed by atoms with Crippen LogP contribution in [0.3, 0.4) is 0 Å². The maximum atomic E-state index is 5.45. The molecule has 2 aliphatic rings. The number of hydrogen-bond acceptors (Lipinski definition) is 3. The third kappa shape index (κ3) is 4.39. The number of aliphatic imine (C=N–C) groups is 1. The normalized spacial score (nSPS) is 24.7. The van der Waals surface area contributed by atoms with Crippen molar-refractivity contribution < 1.29 is 4.74 Å². The summed E-state index contributed by atoms with van der Waals surface area (Å²) < 4.78 is 5.45. The van der Waals surface area contributed by atoms with Gasteiger partial charge < -0.3 is 15.0 Å². The molecule has 1 unspecified atom stereocenters. The van der Waals surface area contributed by atoms with E-state index in [0.29, 0.717) is 0 Å². The second kappa shape index (κ2) is 8.13. The molecule has 0 amide bonds. The van der Waals surface area contributed by atoms with Crippen LogP contribution in [0.5, 0.6) is 0 Å². The number of terminal acetylenes is 1. The fourth-order valence-corrected chi connectivity index (χ4v) is 2.81. The van der Waals surface area contributed by atoms with Gasteiger partial charge in [-0.3, -0.25) is 9.89 Å². The topological polar surface area (TPSA) is 40.1 Å². The summed E-state index contributed by atoms with van der Waals surface area (Å²) in [5.74, 6) is 4.35.